The van der Waals surface area contributed by atoms with Crippen LogP contribution >= 0.6 is 11.3 Å². The van der Waals surface area contributed by atoms with Gasteiger partial charge in [0.1, 0.15) is 11.3 Å². The Kier molecular flexibility index (Phi) is 7.94. The molecular weight excluding hydrogens is 521 g/mol. The lowest BCUT2D eigenvalue weighted by Crippen LogP contribution is -2.47. The van der Waals surface area contributed by atoms with Crippen LogP contribution in [-0.2, 0) is 4.79 Å². The fourth-order valence-electron chi connectivity index (χ4n) is 4.52. The van der Waals surface area contributed by atoms with Crippen LogP contribution in [0.2, 0.25) is 0 Å². The van der Waals surface area contributed by atoms with Crippen LogP contribution in [0.3, 0.4) is 0 Å². The van der Waals surface area contributed by atoms with E-state index < -0.39 is 17.8 Å². The second-order valence-electron chi connectivity index (χ2n) is 9.06. The van der Waals surface area contributed by atoms with Gasteiger partial charge in [-0.05, 0) is 37.3 Å². The zero-order chi connectivity index (χ0) is 27.4. The lowest BCUT2D eigenvalue weighted by molar-refractivity contribution is -0.137. The number of hydrogen-bond donors (Lipinski definition) is 3. The van der Waals surface area contributed by atoms with E-state index in [9.17, 15) is 9.59 Å². The minimum Gasteiger partial charge on any atom is -0.481 e. The third kappa shape index (κ3) is 5.96. The van der Waals surface area contributed by atoms with Crippen molar-refractivity contribution < 1.29 is 19.1 Å². The molecule has 0 aliphatic carbocycles. The first kappa shape index (κ1) is 26.4. The van der Waals surface area contributed by atoms with Crippen LogP contribution in [0.1, 0.15) is 13.3 Å². The summed E-state index contributed by atoms with van der Waals surface area (Å²) in [5.41, 5.74) is 2.48. The largest absolute Gasteiger partial charge is 0.481 e. The molecule has 39 heavy (non-hydrogen) atoms. The van der Waals surface area contributed by atoms with Crippen molar-refractivity contribution in [3.8, 4) is 22.4 Å². The minimum atomic E-state index is -0.793. The molecule has 12 heteroatoms. The second kappa shape index (κ2) is 11.7. The maximum absolute atomic E-state index is 15.9. The maximum Gasteiger partial charge on any atom is 0.321 e. The fraction of sp³-hybridized carbons (Fsp3) is 0.296. The molecule has 0 bridgehead atoms. The first-order valence-corrected chi connectivity index (χ1v) is 13.5. The maximum atomic E-state index is 15.9. The smallest absolute Gasteiger partial charge is 0.321 e. The van der Waals surface area contributed by atoms with Gasteiger partial charge in [-0.25, -0.2) is 19.2 Å². The number of urea groups is 1. The molecule has 1 fully saturated rings. The van der Waals surface area contributed by atoms with Crippen LogP contribution in [-0.4, -0.2) is 76.2 Å². The van der Waals surface area contributed by atoms with Crippen molar-refractivity contribution in [2.24, 2.45) is 0 Å². The average Bonchev–Trinajstić information content (AvgIpc) is 3.37. The highest BCUT2D eigenvalue weighted by molar-refractivity contribution is 7.22. The Bertz CT molecular complexity index is 1470. The number of benzene rings is 1. The Balaban J connectivity index is 1.44. The standard InChI is InChI=1S/C27H28FN7O3S/c1-2-29-26(38)33-27-32-24-23(28)18(15-19(25(24)39-27)20-5-3-4-9-30-20)17-6-7-21(31-16-17)35-13-11-34(12-14-35)10-8-22(36)37/h3-7,9,15-16H,2,8,10-14H2,1H3,(H,36,37)(H2,29,32,33,38). The summed E-state index contributed by atoms with van der Waals surface area (Å²) >= 11 is 1.20. The van der Waals surface area contributed by atoms with Crippen molar-refractivity contribution in [1.82, 2.24) is 25.2 Å². The van der Waals surface area contributed by atoms with E-state index in [2.05, 4.69) is 35.4 Å². The van der Waals surface area contributed by atoms with Gasteiger partial charge in [-0.3, -0.25) is 20.0 Å². The molecule has 0 atom stereocenters. The minimum absolute atomic E-state index is 0.131. The van der Waals surface area contributed by atoms with E-state index in [0.717, 1.165) is 32.0 Å². The third-order valence-electron chi connectivity index (χ3n) is 6.50. The predicted molar refractivity (Wildman–Crippen MR) is 150 cm³/mol. The van der Waals surface area contributed by atoms with Gasteiger partial charge < -0.3 is 15.3 Å². The van der Waals surface area contributed by atoms with Crippen LogP contribution in [0.25, 0.3) is 32.6 Å². The number of anilines is 2. The van der Waals surface area contributed by atoms with Gasteiger partial charge in [-0.1, -0.05) is 17.4 Å². The summed E-state index contributed by atoms with van der Waals surface area (Å²) in [5.74, 6) is -0.505. The van der Waals surface area contributed by atoms with Gasteiger partial charge in [0, 0.05) is 68.4 Å². The number of carbonyl (C=O) groups is 2. The number of aliphatic carboxylic acids is 1. The zero-order valence-electron chi connectivity index (χ0n) is 21.4. The molecule has 4 aromatic rings. The number of rotatable bonds is 8. The summed E-state index contributed by atoms with van der Waals surface area (Å²) in [7, 11) is 0. The first-order chi connectivity index (χ1) is 18.9. The van der Waals surface area contributed by atoms with Gasteiger partial charge in [0.25, 0.3) is 0 Å². The number of carbonyl (C=O) groups excluding carboxylic acids is 1. The molecule has 5 rings (SSSR count). The Hall–Kier alpha value is -4.16. The van der Waals surface area contributed by atoms with Crippen molar-refractivity contribution in [3.05, 3.63) is 54.6 Å². The molecule has 10 nitrogen and oxygen atoms in total. The topological polar surface area (TPSA) is 124 Å². The number of fused-ring (bicyclic) bond motifs is 1. The molecule has 1 aromatic carbocycles. The molecular formula is C27H28FN7O3S. The molecule has 1 saturated heterocycles. The van der Waals surface area contributed by atoms with E-state index in [-0.39, 0.29) is 11.9 Å². The molecule has 3 aromatic heterocycles. The number of nitrogens with zero attached hydrogens (tertiary/aromatic N) is 5. The summed E-state index contributed by atoms with van der Waals surface area (Å²) in [6.07, 6.45) is 3.46. The van der Waals surface area contributed by atoms with Gasteiger partial charge in [0.2, 0.25) is 0 Å². The molecule has 202 valence electrons. The van der Waals surface area contributed by atoms with Crippen LogP contribution in [0.15, 0.2) is 48.8 Å². The van der Waals surface area contributed by atoms with Gasteiger partial charge in [-0.2, -0.15) is 0 Å². The van der Waals surface area contributed by atoms with Gasteiger partial charge in [0.05, 0.1) is 16.8 Å². The number of nitrogens with one attached hydrogen (secondary N) is 2. The first-order valence-electron chi connectivity index (χ1n) is 12.7. The molecule has 0 radical (unpaired) electrons. The second-order valence-corrected chi connectivity index (χ2v) is 10.1. The van der Waals surface area contributed by atoms with Crippen LogP contribution in [0, 0.1) is 5.82 Å². The van der Waals surface area contributed by atoms with Crippen molar-refractivity contribution in [2.75, 3.05) is 49.5 Å². The van der Waals surface area contributed by atoms with Crippen molar-refractivity contribution >= 4 is 44.5 Å². The van der Waals surface area contributed by atoms with Crippen LogP contribution in [0.5, 0.6) is 0 Å². The number of thiazole rings is 1. The Morgan fingerprint density at radius 1 is 1.10 bits per heavy atom. The van der Waals surface area contributed by atoms with Crippen LogP contribution < -0.4 is 15.5 Å². The van der Waals surface area contributed by atoms with Crippen LogP contribution in [0.4, 0.5) is 20.1 Å². The van der Waals surface area contributed by atoms with Gasteiger partial charge >= 0.3 is 12.0 Å². The van der Waals surface area contributed by atoms with Crippen molar-refractivity contribution in [1.29, 1.82) is 0 Å². The molecule has 4 heterocycles. The fourth-order valence-corrected chi connectivity index (χ4v) is 5.50. The number of hydrogen-bond acceptors (Lipinski definition) is 8. The zero-order valence-corrected chi connectivity index (χ0v) is 22.2. The average molecular weight is 550 g/mol. The third-order valence-corrected chi connectivity index (χ3v) is 7.50. The molecule has 1 aliphatic heterocycles. The van der Waals surface area contributed by atoms with E-state index in [1.807, 2.05) is 37.3 Å². The highest BCUT2D eigenvalue weighted by atomic mass is 32.1. The number of aromatic nitrogens is 3. The molecule has 3 N–H and O–H groups in total. The number of piperazine rings is 1. The summed E-state index contributed by atoms with van der Waals surface area (Å²) < 4.78 is 16.5. The number of pyridine rings is 2. The van der Waals surface area contributed by atoms with Crippen molar-refractivity contribution in [3.63, 3.8) is 0 Å². The Morgan fingerprint density at radius 2 is 1.92 bits per heavy atom. The molecule has 0 spiro atoms. The normalized spacial score (nSPS) is 13.9. The number of amides is 2. The quantitative estimate of drug-likeness (QED) is 0.297. The number of halogens is 1. The molecule has 0 saturated carbocycles. The van der Waals surface area contributed by atoms with Gasteiger partial charge in [0.15, 0.2) is 10.9 Å². The molecule has 2 amide bonds. The highest BCUT2D eigenvalue weighted by Gasteiger charge is 2.22. The SMILES string of the molecule is CCNC(=O)Nc1nc2c(F)c(-c3ccc(N4CCN(CCC(=O)O)CC4)nc3)cc(-c3ccccn3)c2s1. The monoisotopic (exact) mass is 549 g/mol. The van der Waals surface area contributed by atoms with E-state index in [4.69, 9.17) is 5.11 Å². The molecule has 1 aliphatic rings. The number of carboxylic acid groups (broad SMARTS) is 1. The summed E-state index contributed by atoms with van der Waals surface area (Å²) in [5, 5.41) is 14.5. The van der Waals surface area contributed by atoms with Crippen molar-refractivity contribution in [2.45, 2.75) is 13.3 Å². The Morgan fingerprint density at radius 3 is 2.59 bits per heavy atom. The number of carboxylic acids is 1. The van der Waals surface area contributed by atoms with E-state index in [0.29, 0.717) is 45.3 Å². The van der Waals surface area contributed by atoms with E-state index in [1.165, 1.54) is 11.3 Å². The lowest BCUT2D eigenvalue weighted by Gasteiger charge is -2.35. The lowest BCUT2D eigenvalue weighted by atomic mass is 10.0. The summed E-state index contributed by atoms with van der Waals surface area (Å²) in [6.45, 7) is 5.78. The predicted octanol–water partition coefficient (Wildman–Crippen LogP) is 4.30. The molecule has 0 unspecified atom stereocenters. The summed E-state index contributed by atoms with van der Waals surface area (Å²) in [4.78, 5) is 40.7. The van der Waals surface area contributed by atoms with Gasteiger partial charge in [-0.15, -0.1) is 0 Å². The Labute approximate surface area is 228 Å². The van der Waals surface area contributed by atoms with E-state index >= 15 is 4.39 Å². The highest BCUT2D eigenvalue weighted by Crippen LogP contribution is 2.40. The summed E-state index contributed by atoms with van der Waals surface area (Å²) in [6, 6.07) is 10.6. The van der Waals surface area contributed by atoms with E-state index in [1.54, 1.807) is 18.5 Å².